The minimum atomic E-state index is -0.279. The largest absolute Gasteiger partial charge is 0.486 e. The zero-order valence-corrected chi connectivity index (χ0v) is 8.72. The molecule has 4 heteroatoms. The number of pyridine rings is 1. The van der Waals surface area contributed by atoms with Gasteiger partial charge < -0.3 is 10.5 Å². The zero-order valence-electron chi connectivity index (χ0n) is 7.97. The van der Waals surface area contributed by atoms with E-state index in [9.17, 15) is 0 Å². The molecule has 0 amide bonds. The first-order chi connectivity index (χ1) is 5.88. The molecule has 0 saturated heterocycles. The third kappa shape index (κ3) is 3.11. The molecule has 0 aliphatic heterocycles. The van der Waals surface area contributed by atoms with E-state index < -0.39 is 0 Å². The number of nitrogens with zero attached hydrogens (tertiary/aromatic N) is 1. The van der Waals surface area contributed by atoms with Gasteiger partial charge >= 0.3 is 0 Å². The van der Waals surface area contributed by atoms with Gasteiger partial charge in [0.05, 0.1) is 11.9 Å². The van der Waals surface area contributed by atoms with E-state index in [1.807, 2.05) is 20.8 Å². The lowest BCUT2D eigenvalue weighted by Crippen LogP contribution is -2.23. The molecule has 72 valence electrons. The minimum absolute atomic E-state index is 0.279. The molecule has 2 N–H and O–H groups in total. The Morgan fingerprint density at radius 2 is 2.08 bits per heavy atom. The summed E-state index contributed by atoms with van der Waals surface area (Å²) in [5.74, 6) is 0.576. The van der Waals surface area contributed by atoms with Crippen LogP contribution in [0.2, 0.25) is 5.15 Å². The van der Waals surface area contributed by atoms with Gasteiger partial charge in [0.25, 0.3) is 0 Å². The summed E-state index contributed by atoms with van der Waals surface area (Å²) in [5, 5.41) is 0.383. The topological polar surface area (TPSA) is 48.1 Å². The van der Waals surface area contributed by atoms with Crippen LogP contribution >= 0.6 is 11.6 Å². The van der Waals surface area contributed by atoms with Crippen LogP contribution in [0, 0.1) is 0 Å². The van der Waals surface area contributed by atoms with Gasteiger partial charge in [0.15, 0.2) is 0 Å². The Morgan fingerprint density at radius 1 is 1.46 bits per heavy atom. The van der Waals surface area contributed by atoms with Gasteiger partial charge in [0, 0.05) is 6.07 Å². The highest BCUT2D eigenvalue weighted by atomic mass is 35.5. The quantitative estimate of drug-likeness (QED) is 0.709. The third-order valence-corrected chi connectivity index (χ3v) is 1.48. The van der Waals surface area contributed by atoms with Gasteiger partial charge in [-0.05, 0) is 20.8 Å². The van der Waals surface area contributed by atoms with E-state index >= 15 is 0 Å². The monoisotopic (exact) mass is 200 g/mol. The molecule has 1 aromatic rings. The molecule has 0 radical (unpaired) electrons. The summed E-state index contributed by atoms with van der Waals surface area (Å²) in [6.45, 7) is 5.84. The smallest absolute Gasteiger partial charge is 0.147 e. The lowest BCUT2D eigenvalue weighted by Gasteiger charge is -2.22. The van der Waals surface area contributed by atoms with Crippen LogP contribution in [0.25, 0.3) is 0 Å². The van der Waals surface area contributed by atoms with Crippen molar-refractivity contribution >= 4 is 17.3 Å². The number of aromatic nitrogens is 1. The Kier molecular flexibility index (Phi) is 2.66. The van der Waals surface area contributed by atoms with Crippen LogP contribution in [0.1, 0.15) is 20.8 Å². The Hall–Kier alpha value is -0.960. The van der Waals surface area contributed by atoms with Crippen LogP contribution in [0.4, 0.5) is 5.69 Å². The Morgan fingerprint density at radius 3 is 2.62 bits per heavy atom. The standard InChI is InChI=1S/C9H13ClN2O/c1-9(2,3)13-7-4-8(10)12-5-6(7)11/h4-5H,11H2,1-3H3. The Bertz CT molecular complexity index is 307. The molecule has 0 aromatic carbocycles. The van der Waals surface area contributed by atoms with Gasteiger partial charge in [-0.25, -0.2) is 4.98 Å². The molecule has 13 heavy (non-hydrogen) atoms. The maximum atomic E-state index is 5.70. The van der Waals surface area contributed by atoms with Crippen LogP contribution in [-0.4, -0.2) is 10.6 Å². The summed E-state index contributed by atoms with van der Waals surface area (Å²) in [5.41, 5.74) is 5.87. The molecule has 1 rings (SSSR count). The molecule has 0 fully saturated rings. The molecule has 0 spiro atoms. The molecule has 3 nitrogen and oxygen atoms in total. The number of nitrogens with two attached hydrogens (primary N) is 1. The molecule has 1 aromatic heterocycles. The van der Waals surface area contributed by atoms with Crippen molar-refractivity contribution in [3.63, 3.8) is 0 Å². The summed E-state index contributed by atoms with van der Waals surface area (Å²) < 4.78 is 5.56. The fourth-order valence-corrected chi connectivity index (χ4v) is 0.990. The highest BCUT2D eigenvalue weighted by Gasteiger charge is 2.14. The SMILES string of the molecule is CC(C)(C)Oc1cc(Cl)ncc1N. The highest BCUT2D eigenvalue weighted by Crippen LogP contribution is 2.26. The van der Waals surface area contributed by atoms with E-state index in [0.29, 0.717) is 16.6 Å². The van der Waals surface area contributed by atoms with Gasteiger partial charge in [0.1, 0.15) is 16.5 Å². The van der Waals surface area contributed by atoms with Crippen molar-refractivity contribution in [3.05, 3.63) is 17.4 Å². The van der Waals surface area contributed by atoms with E-state index in [1.54, 1.807) is 6.07 Å². The number of rotatable bonds is 1. The summed E-state index contributed by atoms with van der Waals surface area (Å²) in [4.78, 5) is 3.83. The van der Waals surface area contributed by atoms with Crippen molar-refractivity contribution in [3.8, 4) is 5.75 Å². The lowest BCUT2D eigenvalue weighted by molar-refractivity contribution is 0.132. The predicted octanol–water partition coefficient (Wildman–Crippen LogP) is 2.49. The number of ether oxygens (including phenoxy) is 1. The number of nitrogen functional groups attached to an aromatic ring is 1. The number of halogens is 1. The molecular weight excluding hydrogens is 188 g/mol. The number of hydrogen-bond acceptors (Lipinski definition) is 3. The molecule has 0 atom stereocenters. The predicted molar refractivity (Wildman–Crippen MR) is 54.0 cm³/mol. The lowest BCUT2D eigenvalue weighted by atomic mass is 10.2. The number of hydrogen-bond donors (Lipinski definition) is 1. The first-order valence-electron chi connectivity index (χ1n) is 3.98. The van der Waals surface area contributed by atoms with E-state index in [0.717, 1.165) is 0 Å². The van der Waals surface area contributed by atoms with E-state index in [4.69, 9.17) is 22.1 Å². The maximum Gasteiger partial charge on any atom is 0.147 e. The fraction of sp³-hybridized carbons (Fsp3) is 0.444. The second-order valence-electron chi connectivity index (χ2n) is 3.76. The second kappa shape index (κ2) is 3.42. The fourth-order valence-electron chi connectivity index (χ4n) is 0.842. The van der Waals surface area contributed by atoms with Crippen molar-refractivity contribution in [1.29, 1.82) is 0 Å². The minimum Gasteiger partial charge on any atom is -0.486 e. The second-order valence-corrected chi connectivity index (χ2v) is 4.15. The first-order valence-corrected chi connectivity index (χ1v) is 4.36. The van der Waals surface area contributed by atoms with E-state index in [1.165, 1.54) is 6.20 Å². The first kappa shape index (κ1) is 10.1. The zero-order chi connectivity index (χ0) is 10.1. The van der Waals surface area contributed by atoms with Crippen molar-refractivity contribution in [2.45, 2.75) is 26.4 Å². The van der Waals surface area contributed by atoms with E-state index in [-0.39, 0.29) is 5.60 Å². The molecular formula is C9H13ClN2O. The van der Waals surface area contributed by atoms with Crippen LogP contribution in [-0.2, 0) is 0 Å². The maximum absolute atomic E-state index is 5.70. The van der Waals surface area contributed by atoms with Gasteiger partial charge in [0.2, 0.25) is 0 Å². The molecule has 0 saturated carbocycles. The van der Waals surface area contributed by atoms with Crippen LogP contribution in [0.5, 0.6) is 5.75 Å². The van der Waals surface area contributed by atoms with Crippen LogP contribution in [0.15, 0.2) is 12.3 Å². The third-order valence-electron chi connectivity index (χ3n) is 1.28. The normalized spacial score (nSPS) is 11.4. The summed E-state index contributed by atoms with van der Waals surface area (Å²) in [6, 6.07) is 1.61. The van der Waals surface area contributed by atoms with Crippen molar-refractivity contribution < 1.29 is 4.74 Å². The molecule has 1 heterocycles. The average Bonchev–Trinajstić information content (AvgIpc) is 1.94. The summed E-state index contributed by atoms with van der Waals surface area (Å²) in [7, 11) is 0. The Labute approximate surface area is 82.9 Å². The van der Waals surface area contributed by atoms with Crippen molar-refractivity contribution in [2.24, 2.45) is 0 Å². The molecule has 0 aliphatic carbocycles. The highest BCUT2D eigenvalue weighted by molar-refractivity contribution is 6.29. The molecule has 0 unspecified atom stereocenters. The van der Waals surface area contributed by atoms with E-state index in [2.05, 4.69) is 4.98 Å². The summed E-state index contributed by atoms with van der Waals surface area (Å²) in [6.07, 6.45) is 1.49. The molecule has 0 aliphatic rings. The molecule has 0 bridgehead atoms. The van der Waals surface area contributed by atoms with Crippen LogP contribution in [0.3, 0.4) is 0 Å². The number of anilines is 1. The van der Waals surface area contributed by atoms with Gasteiger partial charge in [-0.3, -0.25) is 0 Å². The average molecular weight is 201 g/mol. The van der Waals surface area contributed by atoms with Gasteiger partial charge in [-0.15, -0.1) is 0 Å². The van der Waals surface area contributed by atoms with Crippen LogP contribution < -0.4 is 10.5 Å². The summed E-state index contributed by atoms with van der Waals surface area (Å²) >= 11 is 5.70. The van der Waals surface area contributed by atoms with Gasteiger partial charge in [-0.2, -0.15) is 0 Å². The van der Waals surface area contributed by atoms with Gasteiger partial charge in [-0.1, -0.05) is 11.6 Å². The van der Waals surface area contributed by atoms with Crippen molar-refractivity contribution in [1.82, 2.24) is 4.98 Å². The Balaban J connectivity index is 2.94. The van der Waals surface area contributed by atoms with Crippen molar-refractivity contribution in [2.75, 3.05) is 5.73 Å².